The summed E-state index contributed by atoms with van der Waals surface area (Å²) in [5.41, 5.74) is -0.598. The third kappa shape index (κ3) is 3.02. The average Bonchev–Trinajstić information content (AvgIpc) is 3.01. The van der Waals surface area contributed by atoms with E-state index in [1.165, 1.54) is 0 Å². The smallest absolute Gasteiger partial charge is 0.303 e. The van der Waals surface area contributed by atoms with Crippen molar-refractivity contribution in [3.8, 4) is 0 Å². The summed E-state index contributed by atoms with van der Waals surface area (Å²) in [6.07, 6.45) is 5.33. The molecule has 4 rings (SSSR count). The monoisotopic (exact) mass is 402 g/mol. The van der Waals surface area contributed by atoms with Crippen molar-refractivity contribution in [2.75, 3.05) is 0 Å². The molecule has 1 N–H and O–H groups in total. The van der Waals surface area contributed by atoms with Gasteiger partial charge in [0.2, 0.25) is 0 Å². The van der Waals surface area contributed by atoms with E-state index in [9.17, 15) is 19.2 Å². The molecule has 0 aromatic heterocycles. The number of hydrogen-bond donors (Lipinski definition) is 1. The Kier molecular flexibility index (Phi) is 5.02. The van der Waals surface area contributed by atoms with E-state index in [2.05, 4.69) is 20.8 Å². The SMILES string of the molecule is C[C@H](CCC(=O)O)C1CC[C@H]2C3C(=O)CC4CC(=O)CCC4(C)[C@H]3CC(=O)C12C. The van der Waals surface area contributed by atoms with Gasteiger partial charge in [0.15, 0.2) is 0 Å². The Morgan fingerprint density at radius 3 is 2.52 bits per heavy atom. The van der Waals surface area contributed by atoms with Crippen molar-refractivity contribution >= 4 is 23.3 Å². The fourth-order valence-electron chi connectivity index (χ4n) is 7.94. The molecule has 5 nitrogen and oxygen atoms in total. The number of carboxylic acids is 1. The molecule has 29 heavy (non-hydrogen) atoms. The summed E-state index contributed by atoms with van der Waals surface area (Å²) in [7, 11) is 0. The minimum atomic E-state index is -0.792. The second-order valence-electron chi connectivity index (χ2n) is 10.9. The minimum Gasteiger partial charge on any atom is -0.481 e. The molecule has 0 aliphatic heterocycles. The number of carboxylic acid groups (broad SMARTS) is 1. The first-order valence-electron chi connectivity index (χ1n) is 11.4. The van der Waals surface area contributed by atoms with Gasteiger partial charge in [0.05, 0.1) is 0 Å². The summed E-state index contributed by atoms with van der Waals surface area (Å²) in [5.74, 6) is 0.524. The Hall–Kier alpha value is -1.52. The first-order valence-corrected chi connectivity index (χ1v) is 11.4. The van der Waals surface area contributed by atoms with Crippen molar-refractivity contribution in [3.05, 3.63) is 0 Å². The Morgan fingerprint density at radius 2 is 1.83 bits per heavy atom. The van der Waals surface area contributed by atoms with E-state index in [0.29, 0.717) is 32.1 Å². The van der Waals surface area contributed by atoms with Crippen molar-refractivity contribution in [2.24, 2.45) is 46.3 Å². The second kappa shape index (κ2) is 7.02. The summed E-state index contributed by atoms with van der Waals surface area (Å²) in [6.45, 7) is 6.37. The van der Waals surface area contributed by atoms with Gasteiger partial charge in [-0.2, -0.15) is 0 Å². The minimum absolute atomic E-state index is 0.0659. The van der Waals surface area contributed by atoms with Crippen molar-refractivity contribution in [3.63, 3.8) is 0 Å². The quantitative estimate of drug-likeness (QED) is 0.766. The molecule has 160 valence electrons. The van der Waals surface area contributed by atoms with Crippen LogP contribution in [0.15, 0.2) is 0 Å². The largest absolute Gasteiger partial charge is 0.481 e. The Balaban J connectivity index is 1.63. The van der Waals surface area contributed by atoms with E-state index in [1.54, 1.807) is 0 Å². The van der Waals surface area contributed by atoms with Crippen molar-refractivity contribution in [2.45, 2.75) is 78.6 Å². The molecule has 0 radical (unpaired) electrons. The number of Topliss-reactive ketones (excluding diaryl/α,β-unsaturated/α-hetero) is 3. The van der Waals surface area contributed by atoms with Gasteiger partial charge >= 0.3 is 5.97 Å². The maximum absolute atomic E-state index is 13.6. The lowest BCUT2D eigenvalue weighted by molar-refractivity contribution is -0.166. The fourth-order valence-corrected chi connectivity index (χ4v) is 7.94. The molecule has 0 spiro atoms. The number of rotatable bonds is 4. The zero-order valence-electron chi connectivity index (χ0n) is 17.9. The maximum Gasteiger partial charge on any atom is 0.303 e. The van der Waals surface area contributed by atoms with Gasteiger partial charge in [0, 0.05) is 43.4 Å². The molecule has 4 aliphatic rings. The summed E-state index contributed by atoms with van der Waals surface area (Å²) >= 11 is 0. The van der Waals surface area contributed by atoms with Crippen molar-refractivity contribution < 1.29 is 24.3 Å². The molecule has 0 amide bonds. The van der Waals surface area contributed by atoms with Crippen molar-refractivity contribution in [1.82, 2.24) is 0 Å². The number of ketones is 3. The predicted octanol–water partition coefficient (Wildman–Crippen LogP) is 4.07. The van der Waals surface area contributed by atoms with Crippen LogP contribution in [0.1, 0.15) is 78.6 Å². The lowest BCUT2D eigenvalue weighted by Crippen LogP contribution is -2.60. The molecule has 4 aliphatic carbocycles. The Morgan fingerprint density at radius 1 is 1.10 bits per heavy atom. The molecule has 0 bridgehead atoms. The molecular formula is C24H34O5. The van der Waals surface area contributed by atoms with Gasteiger partial charge in [-0.05, 0) is 60.7 Å². The summed E-state index contributed by atoms with van der Waals surface area (Å²) in [6, 6.07) is 0. The van der Waals surface area contributed by atoms with E-state index >= 15 is 0 Å². The first-order chi connectivity index (χ1) is 13.6. The van der Waals surface area contributed by atoms with Crippen LogP contribution in [0.2, 0.25) is 0 Å². The van der Waals surface area contributed by atoms with E-state index in [1.807, 2.05) is 0 Å². The molecule has 5 heteroatoms. The highest BCUT2D eigenvalue weighted by Crippen LogP contribution is 2.66. The molecule has 0 aromatic carbocycles. The third-order valence-electron chi connectivity index (χ3n) is 9.72. The average molecular weight is 403 g/mol. The molecular weight excluding hydrogens is 368 g/mol. The lowest BCUT2D eigenvalue weighted by atomic mass is 9.44. The highest BCUT2D eigenvalue weighted by Gasteiger charge is 2.66. The molecule has 0 heterocycles. The van der Waals surface area contributed by atoms with E-state index in [4.69, 9.17) is 5.11 Å². The number of carbonyl (C=O) groups excluding carboxylic acids is 3. The summed E-state index contributed by atoms with van der Waals surface area (Å²) < 4.78 is 0. The Bertz CT molecular complexity index is 756. The fraction of sp³-hybridized carbons (Fsp3) is 0.833. The van der Waals surface area contributed by atoms with Crippen LogP contribution < -0.4 is 0 Å². The number of aliphatic carboxylic acids is 1. The lowest BCUT2D eigenvalue weighted by Gasteiger charge is -2.58. The highest BCUT2D eigenvalue weighted by atomic mass is 16.4. The van der Waals surface area contributed by atoms with Gasteiger partial charge in [0.25, 0.3) is 0 Å². The molecule has 8 atom stereocenters. The van der Waals surface area contributed by atoms with Crippen LogP contribution in [0, 0.1) is 46.3 Å². The maximum atomic E-state index is 13.6. The van der Waals surface area contributed by atoms with Crippen molar-refractivity contribution in [1.29, 1.82) is 0 Å². The molecule has 4 saturated carbocycles. The van der Waals surface area contributed by atoms with Crippen LogP contribution in [-0.4, -0.2) is 28.4 Å². The normalized spacial score (nSPS) is 45.3. The zero-order valence-corrected chi connectivity index (χ0v) is 17.9. The predicted molar refractivity (Wildman–Crippen MR) is 107 cm³/mol. The van der Waals surface area contributed by atoms with Crippen LogP contribution >= 0.6 is 0 Å². The van der Waals surface area contributed by atoms with E-state index in [-0.39, 0.29) is 64.7 Å². The second-order valence-corrected chi connectivity index (χ2v) is 10.9. The van der Waals surface area contributed by atoms with Crippen LogP contribution in [0.4, 0.5) is 0 Å². The van der Waals surface area contributed by atoms with Gasteiger partial charge in [0.1, 0.15) is 17.3 Å². The summed E-state index contributed by atoms with van der Waals surface area (Å²) in [5, 5.41) is 9.06. The number of carbonyl (C=O) groups is 4. The molecule has 4 fully saturated rings. The van der Waals surface area contributed by atoms with Gasteiger partial charge < -0.3 is 5.11 Å². The number of fused-ring (bicyclic) bond motifs is 5. The number of hydrogen-bond acceptors (Lipinski definition) is 4. The van der Waals surface area contributed by atoms with Crippen LogP contribution in [-0.2, 0) is 19.2 Å². The van der Waals surface area contributed by atoms with Gasteiger partial charge in [-0.15, -0.1) is 0 Å². The Labute approximate surface area is 173 Å². The summed E-state index contributed by atoms with van der Waals surface area (Å²) in [4.78, 5) is 50.0. The highest BCUT2D eigenvalue weighted by molar-refractivity contribution is 5.93. The molecule has 0 aromatic rings. The molecule has 5 unspecified atom stereocenters. The van der Waals surface area contributed by atoms with Gasteiger partial charge in [-0.3, -0.25) is 19.2 Å². The standard InChI is InChI=1S/C24H34O5/c1-13(4-7-21(28)29)16-5-6-17-22-18(12-20(27)24(16,17)3)23(2)9-8-15(25)10-14(23)11-19(22)26/h13-14,16-18,22H,4-12H2,1-3H3,(H,28,29)/t13-,14?,16?,17+,18+,22?,23?,24?/m1/s1. The molecule has 0 saturated heterocycles. The van der Waals surface area contributed by atoms with Gasteiger partial charge in [-0.25, -0.2) is 0 Å². The zero-order chi connectivity index (χ0) is 21.1. The van der Waals surface area contributed by atoms with Crippen LogP contribution in [0.3, 0.4) is 0 Å². The van der Waals surface area contributed by atoms with E-state index in [0.717, 1.165) is 19.3 Å². The van der Waals surface area contributed by atoms with Gasteiger partial charge in [-0.1, -0.05) is 20.8 Å². The first kappa shape index (κ1) is 20.7. The van der Waals surface area contributed by atoms with E-state index < -0.39 is 11.4 Å². The van der Waals surface area contributed by atoms with Crippen LogP contribution in [0.25, 0.3) is 0 Å². The third-order valence-corrected chi connectivity index (χ3v) is 9.72. The van der Waals surface area contributed by atoms with Crippen LogP contribution in [0.5, 0.6) is 0 Å². The topological polar surface area (TPSA) is 88.5 Å².